The molecule has 0 aromatic carbocycles. The van der Waals surface area contributed by atoms with E-state index in [1.165, 1.54) is 5.57 Å². The fourth-order valence-corrected chi connectivity index (χ4v) is 4.48. The van der Waals surface area contributed by atoms with Gasteiger partial charge in [0.25, 0.3) is 0 Å². The lowest BCUT2D eigenvalue weighted by molar-refractivity contribution is -0.176. The number of aromatic nitrogens is 1. The smallest absolute Gasteiger partial charge is 0.382 e. The Morgan fingerprint density at radius 1 is 1.19 bits per heavy atom. The van der Waals surface area contributed by atoms with Crippen molar-refractivity contribution in [2.75, 3.05) is 41.3 Å². The molecule has 2 aliphatic heterocycles. The second kappa shape index (κ2) is 9.03. The molecule has 1 fully saturated rings. The number of hydrogen-bond donors (Lipinski definition) is 2. The molecule has 0 radical (unpaired) electrons. The predicted octanol–water partition coefficient (Wildman–Crippen LogP) is 5.21. The molecule has 9 heteroatoms. The number of anilines is 3. The number of urea groups is 1. The number of carbonyl (C=O) groups is 1. The van der Waals surface area contributed by atoms with Gasteiger partial charge in [0.05, 0.1) is 11.6 Å². The number of carbonyl (C=O) groups excluding carboxylic acids is 1. The van der Waals surface area contributed by atoms with Crippen LogP contribution in [0.5, 0.6) is 0 Å². The second-order valence-electron chi connectivity index (χ2n) is 8.89. The van der Waals surface area contributed by atoms with Gasteiger partial charge in [-0.05, 0) is 57.7 Å². The number of amides is 2. The Balaban J connectivity index is 1.58. The van der Waals surface area contributed by atoms with E-state index in [1.54, 1.807) is 15.9 Å². The maximum absolute atomic E-state index is 13.3. The Kier molecular flexibility index (Phi) is 6.35. The molecule has 0 spiro atoms. The van der Waals surface area contributed by atoms with E-state index in [-0.39, 0.29) is 19.0 Å². The number of pyridine rings is 1. The van der Waals surface area contributed by atoms with Gasteiger partial charge in [-0.15, -0.1) is 0 Å². The summed E-state index contributed by atoms with van der Waals surface area (Å²) in [6.45, 7) is 5.74. The number of halogens is 3. The van der Waals surface area contributed by atoms with Crippen molar-refractivity contribution in [3.05, 3.63) is 35.1 Å². The predicted molar refractivity (Wildman–Crippen MR) is 120 cm³/mol. The quantitative estimate of drug-likeness (QED) is 0.651. The van der Waals surface area contributed by atoms with Crippen molar-refractivity contribution in [1.29, 1.82) is 0 Å². The van der Waals surface area contributed by atoms with E-state index in [9.17, 15) is 18.0 Å². The summed E-state index contributed by atoms with van der Waals surface area (Å²) >= 11 is 0. The third-order valence-electron chi connectivity index (χ3n) is 6.48. The van der Waals surface area contributed by atoms with Crippen LogP contribution >= 0.6 is 0 Å². The molecule has 2 amide bonds. The van der Waals surface area contributed by atoms with Gasteiger partial charge < -0.3 is 15.5 Å². The molecule has 174 valence electrons. The normalized spacial score (nSPS) is 22.0. The van der Waals surface area contributed by atoms with E-state index in [2.05, 4.69) is 10.6 Å². The summed E-state index contributed by atoms with van der Waals surface area (Å²) < 4.78 is 39.9. The lowest BCUT2D eigenvalue weighted by Crippen LogP contribution is -2.43. The molecule has 4 rings (SSSR count). The van der Waals surface area contributed by atoms with Crippen LogP contribution in [-0.2, 0) is 0 Å². The van der Waals surface area contributed by atoms with Crippen LogP contribution in [0.4, 0.5) is 35.3 Å². The highest BCUT2D eigenvalue weighted by molar-refractivity contribution is 5.95. The van der Waals surface area contributed by atoms with Crippen LogP contribution in [0.3, 0.4) is 0 Å². The number of nitrogens with one attached hydrogen (secondary N) is 2. The molecule has 1 aromatic heterocycles. The summed E-state index contributed by atoms with van der Waals surface area (Å²) in [7, 11) is 0. The van der Waals surface area contributed by atoms with E-state index >= 15 is 0 Å². The zero-order chi connectivity index (χ0) is 22.9. The van der Waals surface area contributed by atoms with Crippen molar-refractivity contribution < 1.29 is 18.0 Å². The fourth-order valence-electron chi connectivity index (χ4n) is 4.48. The van der Waals surface area contributed by atoms with Gasteiger partial charge >= 0.3 is 12.2 Å². The van der Waals surface area contributed by atoms with Crippen molar-refractivity contribution in [3.8, 4) is 0 Å². The molecule has 1 aliphatic carbocycles. The van der Waals surface area contributed by atoms with Crippen LogP contribution in [0.25, 0.3) is 0 Å². The number of nitrogens with zero attached hydrogens (tertiary/aromatic N) is 3. The Morgan fingerprint density at radius 3 is 2.72 bits per heavy atom. The summed E-state index contributed by atoms with van der Waals surface area (Å²) in [5.41, 5.74) is 3.94. The molecule has 3 heterocycles. The number of piperidine rings is 1. The molecule has 32 heavy (non-hydrogen) atoms. The van der Waals surface area contributed by atoms with Crippen molar-refractivity contribution in [2.45, 2.75) is 52.1 Å². The highest BCUT2D eigenvalue weighted by Gasteiger charge is 2.42. The molecule has 6 nitrogen and oxygen atoms in total. The molecule has 1 aromatic rings. The number of fused-ring (bicyclic) bond motifs is 1. The van der Waals surface area contributed by atoms with Gasteiger partial charge in [-0.1, -0.05) is 11.1 Å². The molecule has 0 bridgehead atoms. The average Bonchev–Trinajstić information content (AvgIpc) is 3.04. The third kappa shape index (κ3) is 4.86. The van der Waals surface area contributed by atoms with E-state index in [1.807, 2.05) is 26.0 Å². The van der Waals surface area contributed by atoms with Crippen LogP contribution in [0.2, 0.25) is 0 Å². The molecular formula is C23H30F3N5O. The Labute approximate surface area is 186 Å². The average molecular weight is 450 g/mol. The van der Waals surface area contributed by atoms with Crippen LogP contribution in [0.15, 0.2) is 35.1 Å². The lowest BCUT2D eigenvalue weighted by atomic mass is 9.97. The maximum atomic E-state index is 13.3. The molecule has 1 saturated heterocycles. The number of alkyl halides is 3. The van der Waals surface area contributed by atoms with E-state index < -0.39 is 12.1 Å². The summed E-state index contributed by atoms with van der Waals surface area (Å²) in [5.74, 6) is -0.411. The summed E-state index contributed by atoms with van der Waals surface area (Å²) in [4.78, 5) is 21.2. The minimum absolute atomic E-state index is 0.105. The first-order valence-corrected chi connectivity index (χ1v) is 11.2. The summed E-state index contributed by atoms with van der Waals surface area (Å²) in [5, 5.41) is 6.32. The van der Waals surface area contributed by atoms with Gasteiger partial charge in [0, 0.05) is 38.3 Å². The Bertz CT molecular complexity index is 940. The molecule has 1 unspecified atom stereocenters. The third-order valence-corrected chi connectivity index (χ3v) is 6.48. The summed E-state index contributed by atoms with van der Waals surface area (Å²) in [6.07, 6.45) is 0.791. The van der Waals surface area contributed by atoms with Crippen molar-refractivity contribution in [2.24, 2.45) is 5.92 Å². The van der Waals surface area contributed by atoms with E-state index in [0.717, 1.165) is 36.3 Å². The fraction of sp³-hybridized carbons (Fsp3) is 0.565. The van der Waals surface area contributed by atoms with Gasteiger partial charge in [-0.25, -0.2) is 9.78 Å². The maximum Gasteiger partial charge on any atom is 0.393 e. The number of allylic oxidation sites excluding steroid dienone is 3. The van der Waals surface area contributed by atoms with Crippen LogP contribution in [0.1, 0.15) is 46.0 Å². The van der Waals surface area contributed by atoms with Crippen molar-refractivity contribution >= 4 is 23.4 Å². The first-order valence-electron chi connectivity index (χ1n) is 11.2. The van der Waals surface area contributed by atoms with Crippen molar-refractivity contribution in [1.82, 2.24) is 10.3 Å². The topological polar surface area (TPSA) is 60.5 Å². The largest absolute Gasteiger partial charge is 0.393 e. The first-order chi connectivity index (χ1) is 15.2. The molecule has 1 atom stereocenters. The van der Waals surface area contributed by atoms with Gasteiger partial charge in [0.2, 0.25) is 0 Å². The Hall–Kier alpha value is -2.71. The highest BCUT2D eigenvalue weighted by atomic mass is 19.4. The lowest BCUT2D eigenvalue weighted by Gasteiger charge is -2.35. The van der Waals surface area contributed by atoms with Crippen molar-refractivity contribution in [3.63, 3.8) is 0 Å². The molecule has 3 aliphatic rings. The highest BCUT2D eigenvalue weighted by Crippen LogP contribution is 2.36. The molecular weight excluding hydrogens is 419 g/mol. The summed E-state index contributed by atoms with van der Waals surface area (Å²) in [6, 6.07) is 3.31. The first kappa shape index (κ1) is 22.5. The van der Waals surface area contributed by atoms with Gasteiger partial charge in [0.1, 0.15) is 5.82 Å². The standard InChI is InChI=1S/C23H30F3N5O/c1-15-12-18(13-16(15)2)28-22(32)31-11-4-3-9-27-19-7-8-20(29-21(19)31)30-10-5-6-17(14-30)23(24,25)26/h7-8,12,17,27H,3-6,9-11,13-14H2,1-2H3,(H,28,32). The Morgan fingerprint density at radius 2 is 2.00 bits per heavy atom. The van der Waals surface area contributed by atoms with Crippen LogP contribution < -0.4 is 20.4 Å². The monoisotopic (exact) mass is 449 g/mol. The number of rotatable bonds is 2. The minimum Gasteiger partial charge on any atom is -0.382 e. The van der Waals surface area contributed by atoms with Crippen LogP contribution in [-0.4, -0.2) is 43.4 Å². The molecule has 0 saturated carbocycles. The minimum atomic E-state index is -4.21. The van der Waals surface area contributed by atoms with Gasteiger partial charge in [0.15, 0.2) is 5.82 Å². The zero-order valence-corrected chi connectivity index (χ0v) is 18.6. The molecule has 2 N–H and O–H groups in total. The van der Waals surface area contributed by atoms with Crippen LogP contribution in [0, 0.1) is 5.92 Å². The zero-order valence-electron chi connectivity index (χ0n) is 18.6. The van der Waals surface area contributed by atoms with E-state index in [0.29, 0.717) is 37.6 Å². The second-order valence-corrected chi connectivity index (χ2v) is 8.89. The van der Waals surface area contributed by atoms with Gasteiger partial charge in [-0.2, -0.15) is 13.2 Å². The number of hydrogen-bond acceptors (Lipinski definition) is 4. The van der Waals surface area contributed by atoms with Gasteiger partial charge in [-0.3, -0.25) is 4.90 Å². The van der Waals surface area contributed by atoms with E-state index in [4.69, 9.17) is 4.98 Å². The SMILES string of the molecule is CC1=C(C)CC(NC(=O)N2CCCCNc3ccc(N4CCCC(C(F)(F)F)C4)nc32)=C1.